The molecule has 0 unspecified atom stereocenters. The van der Waals surface area contributed by atoms with Gasteiger partial charge in [-0.2, -0.15) is 0 Å². The van der Waals surface area contributed by atoms with Crippen LogP contribution in [-0.2, 0) is 11.3 Å². The number of benzene rings is 1. The Morgan fingerprint density at radius 1 is 1.50 bits per heavy atom. The van der Waals surface area contributed by atoms with Crippen LogP contribution in [0.25, 0.3) is 0 Å². The summed E-state index contributed by atoms with van der Waals surface area (Å²) >= 11 is 0. The average Bonchev–Trinajstić information content (AvgIpc) is 3.02. The number of nitrogens with zero attached hydrogens (tertiary/aromatic N) is 1. The fourth-order valence-electron chi connectivity index (χ4n) is 1.24. The third kappa shape index (κ3) is 2.59. The molecule has 0 saturated heterocycles. The molecule has 0 bridgehead atoms. The van der Waals surface area contributed by atoms with Crippen LogP contribution >= 0.6 is 0 Å². The Morgan fingerprint density at radius 2 is 2.36 bits per heavy atom. The third-order valence-electron chi connectivity index (χ3n) is 2.30. The van der Waals surface area contributed by atoms with Gasteiger partial charge in [-0.25, -0.2) is 0 Å². The van der Waals surface area contributed by atoms with Crippen molar-refractivity contribution in [1.82, 2.24) is 0 Å². The number of rotatable bonds is 4. The van der Waals surface area contributed by atoms with E-state index in [-0.39, 0.29) is 0 Å². The van der Waals surface area contributed by atoms with Crippen LogP contribution in [0.4, 0.5) is 0 Å². The van der Waals surface area contributed by atoms with Crippen molar-refractivity contribution in [3.05, 3.63) is 35.4 Å². The second kappa shape index (κ2) is 4.27. The van der Waals surface area contributed by atoms with E-state index >= 15 is 0 Å². The van der Waals surface area contributed by atoms with Gasteiger partial charge in [0.1, 0.15) is 6.10 Å². The van der Waals surface area contributed by atoms with Gasteiger partial charge < -0.3 is 4.84 Å². The molecular formula is C12H15NO. The Hall–Kier alpha value is -1.31. The maximum atomic E-state index is 5.20. The minimum atomic E-state index is 0.389. The Balaban J connectivity index is 1.96. The van der Waals surface area contributed by atoms with E-state index in [1.165, 1.54) is 5.56 Å². The fraction of sp³-hybridized carbons (Fsp3) is 0.417. The Kier molecular flexibility index (Phi) is 2.82. The lowest BCUT2D eigenvalue weighted by molar-refractivity contribution is 0.131. The van der Waals surface area contributed by atoms with Gasteiger partial charge in [0.05, 0.1) is 6.21 Å². The predicted molar refractivity (Wildman–Crippen MR) is 57.5 cm³/mol. The summed E-state index contributed by atoms with van der Waals surface area (Å²) in [7, 11) is 0. The molecule has 1 aromatic carbocycles. The molecule has 0 aliphatic heterocycles. The highest BCUT2D eigenvalue weighted by Gasteiger charge is 2.23. The second-order valence-electron chi connectivity index (χ2n) is 3.64. The Morgan fingerprint density at radius 3 is 3.07 bits per heavy atom. The molecule has 74 valence electrons. The zero-order valence-electron chi connectivity index (χ0n) is 8.44. The van der Waals surface area contributed by atoms with E-state index < -0.39 is 0 Å². The van der Waals surface area contributed by atoms with E-state index in [0.29, 0.717) is 6.10 Å². The van der Waals surface area contributed by atoms with E-state index in [1.54, 1.807) is 6.21 Å². The summed E-state index contributed by atoms with van der Waals surface area (Å²) < 4.78 is 0. The maximum Gasteiger partial charge on any atom is 0.127 e. The zero-order valence-corrected chi connectivity index (χ0v) is 8.44. The van der Waals surface area contributed by atoms with E-state index in [2.05, 4.69) is 30.3 Å². The number of hydrogen-bond donors (Lipinski definition) is 0. The van der Waals surface area contributed by atoms with Crippen LogP contribution in [0.15, 0.2) is 29.4 Å². The van der Waals surface area contributed by atoms with Crippen molar-refractivity contribution in [2.75, 3.05) is 0 Å². The lowest BCUT2D eigenvalue weighted by atomic mass is 10.1. The molecule has 1 aromatic rings. The number of hydrogen-bond acceptors (Lipinski definition) is 2. The molecule has 0 aromatic heterocycles. The third-order valence-corrected chi connectivity index (χ3v) is 2.30. The summed E-state index contributed by atoms with van der Waals surface area (Å²) in [6, 6.07) is 8.36. The molecule has 1 aliphatic carbocycles. The first-order chi connectivity index (χ1) is 6.88. The van der Waals surface area contributed by atoms with Crippen molar-refractivity contribution in [3.8, 4) is 0 Å². The lowest BCUT2D eigenvalue weighted by Crippen LogP contribution is -1.88. The van der Waals surface area contributed by atoms with Gasteiger partial charge in [0, 0.05) is 0 Å². The quantitative estimate of drug-likeness (QED) is 0.527. The van der Waals surface area contributed by atoms with Crippen molar-refractivity contribution in [1.29, 1.82) is 0 Å². The minimum Gasteiger partial charge on any atom is -0.392 e. The SMILES string of the molecule is CCc1cccc(C=NOC2CC2)c1. The summed E-state index contributed by atoms with van der Waals surface area (Å²) in [5.74, 6) is 0. The van der Waals surface area contributed by atoms with Gasteiger partial charge in [-0.1, -0.05) is 36.3 Å². The van der Waals surface area contributed by atoms with Crippen LogP contribution < -0.4 is 0 Å². The van der Waals surface area contributed by atoms with E-state index in [1.807, 2.05) is 6.07 Å². The van der Waals surface area contributed by atoms with Gasteiger partial charge in [-0.05, 0) is 30.4 Å². The molecule has 0 radical (unpaired) electrons. The first kappa shape index (κ1) is 9.25. The van der Waals surface area contributed by atoms with Crippen LogP contribution in [0.2, 0.25) is 0 Å². The van der Waals surface area contributed by atoms with Crippen molar-refractivity contribution >= 4 is 6.21 Å². The summed E-state index contributed by atoms with van der Waals surface area (Å²) in [4.78, 5) is 5.20. The van der Waals surface area contributed by atoms with Crippen LogP contribution in [0, 0.1) is 0 Å². The predicted octanol–water partition coefficient (Wildman–Crippen LogP) is 2.76. The zero-order chi connectivity index (χ0) is 9.80. The number of oxime groups is 1. The first-order valence-corrected chi connectivity index (χ1v) is 5.16. The van der Waals surface area contributed by atoms with Crippen molar-refractivity contribution in [3.63, 3.8) is 0 Å². The molecule has 0 N–H and O–H groups in total. The molecular weight excluding hydrogens is 174 g/mol. The summed E-state index contributed by atoms with van der Waals surface area (Å²) in [6.07, 6.45) is 5.56. The van der Waals surface area contributed by atoms with Crippen molar-refractivity contribution in [2.24, 2.45) is 5.16 Å². The molecule has 2 nitrogen and oxygen atoms in total. The maximum absolute atomic E-state index is 5.20. The van der Waals surface area contributed by atoms with Crippen molar-refractivity contribution < 1.29 is 4.84 Å². The van der Waals surface area contributed by atoms with Crippen LogP contribution in [0.5, 0.6) is 0 Å². The molecule has 0 spiro atoms. The van der Waals surface area contributed by atoms with Crippen LogP contribution in [-0.4, -0.2) is 12.3 Å². The molecule has 2 heteroatoms. The Bertz CT molecular complexity index is 329. The molecule has 1 saturated carbocycles. The second-order valence-corrected chi connectivity index (χ2v) is 3.64. The first-order valence-electron chi connectivity index (χ1n) is 5.16. The minimum absolute atomic E-state index is 0.389. The number of aryl methyl sites for hydroxylation is 1. The molecule has 2 rings (SSSR count). The smallest absolute Gasteiger partial charge is 0.127 e. The van der Waals surface area contributed by atoms with Gasteiger partial charge in [0.15, 0.2) is 0 Å². The fourth-order valence-corrected chi connectivity index (χ4v) is 1.24. The summed E-state index contributed by atoms with van der Waals surface area (Å²) in [6.45, 7) is 2.15. The summed E-state index contributed by atoms with van der Waals surface area (Å²) in [5, 5.41) is 3.95. The normalized spacial score (nSPS) is 16.1. The van der Waals surface area contributed by atoms with Gasteiger partial charge in [0.25, 0.3) is 0 Å². The van der Waals surface area contributed by atoms with Gasteiger partial charge >= 0.3 is 0 Å². The standard InChI is InChI=1S/C12H15NO/c1-2-10-4-3-5-11(8-10)9-13-14-12-6-7-12/h3-5,8-9,12H,2,6-7H2,1H3. The molecule has 1 fully saturated rings. The molecule has 0 amide bonds. The van der Waals surface area contributed by atoms with Gasteiger partial charge in [0.2, 0.25) is 0 Å². The highest BCUT2D eigenvalue weighted by Crippen LogP contribution is 2.23. The highest BCUT2D eigenvalue weighted by molar-refractivity contribution is 5.79. The van der Waals surface area contributed by atoms with E-state index in [9.17, 15) is 0 Å². The highest BCUT2D eigenvalue weighted by atomic mass is 16.6. The van der Waals surface area contributed by atoms with Gasteiger partial charge in [-0.15, -0.1) is 0 Å². The topological polar surface area (TPSA) is 21.6 Å². The molecule has 0 heterocycles. The van der Waals surface area contributed by atoms with Crippen molar-refractivity contribution in [2.45, 2.75) is 32.3 Å². The summed E-state index contributed by atoms with van der Waals surface area (Å²) in [5.41, 5.74) is 2.45. The van der Waals surface area contributed by atoms with E-state index in [4.69, 9.17) is 4.84 Å². The largest absolute Gasteiger partial charge is 0.392 e. The monoisotopic (exact) mass is 189 g/mol. The molecule has 1 aliphatic rings. The molecule has 14 heavy (non-hydrogen) atoms. The van der Waals surface area contributed by atoms with E-state index in [0.717, 1.165) is 24.8 Å². The van der Waals surface area contributed by atoms with Crippen LogP contribution in [0.3, 0.4) is 0 Å². The Labute approximate surface area is 84.6 Å². The molecule has 0 atom stereocenters. The van der Waals surface area contributed by atoms with Gasteiger partial charge in [-0.3, -0.25) is 0 Å². The van der Waals surface area contributed by atoms with Crippen LogP contribution in [0.1, 0.15) is 30.9 Å². The average molecular weight is 189 g/mol. The lowest BCUT2D eigenvalue weighted by Gasteiger charge is -1.97.